The van der Waals surface area contributed by atoms with E-state index >= 15 is 0 Å². The zero-order valence-corrected chi connectivity index (χ0v) is 37.5. The van der Waals surface area contributed by atoms with Gasteiger partial charge in [-0.05, 0) is 48.6 Å². The van der Waals surface area contributed by atoms with Gasteiger partial charge < -0.3 is 39.8 Å². The van der Waals surface area contributed by atoms with Crippen LogP contribution in [0.5, 0.6) is 6.01 Å². The predicted molar refractivity (Wildman–Crippen MR) is 238 cm³/mol. The number of benzene rings is 1. The summed E-state index contributed by atoms with van der Waals surface area (Å²) >= 11 is 1.56. The van der Waals surface area contributed by atoms with Gasteiger partial charge in [0.2, 0.25) is 17.7 Å². The molecule has 0 saturated carbocycles. The zero-order valence-electron chi connectivity index (χ0n) is 36.7. The Morgan fingerprint density at radius 3 is 2.51 bits per heavy atom. The number of aliphatic hydroxyl groups excluding tert-OH is 1. The van der Waals surface area contributed by atoms with Gasteiger partial charge in [-0.25, -0.2) is 23.7 Å². The van der Waals surface area contributed by atoms with Crippen molar-refractivity contribution in [2.24, 2.45) is 5.41 Å². The summed E-state index contributed by atoms with van der Waals surface area (Å²) in [7, 11) is 0. The maximum absolute atomic E-state index is 14.0. The molecule has 4 atom stereocenters. The summed E-state index contributed by atoms with van der Waals surface area (Å²) in [5.74, 6) is -1.41. The molecule has 0 aliphatic carbocycles. The lowest BCUT2D eigenvalue weighted by Gasteiger charge is -2.35. The topological polar surface area (TPSA) is 212 Å². The number of nitrogens with one attached hydrogen (secondary N) is 3. The quantitative estimate of drug-likeness (QED) is 0.0757. The van der Waals surface area contributed by atoms with Gasteiger partial charge in [0.25, 0.3) is 6.43 Å². The second-order valence-electron chi connectivity index (χ2n) is 16.8. The molecule has 7 rings (SSSR count). The molecular weight excluding hydrogens is 863 g/mol. The first-order valence-corrected chi connectivity index (χ1v) is 22.0. The van der Waals surface area contributed by atoms with Crippen molar-refractivity contribution in [2.45, 2.75) is 78.2 Å². The normalized spacial score (nSPS) is 16.2. The first-order chi connectivity index (χ1) is 31.1. The number of ether oxygens (including phenoxy) is 3. The van der Waals surface area contributed by atoms with Gasteiger partial charge in [0.05, 0.1) is 53.7 Å². The minimum absolute atomic E-state index is 0.0443. The number of nitrogens with zero attached hydrogens (tertiary/aromatic N) is 7. The fraction of sp³-hybridized carbons (Fsp3) is 0.422. The van der Waals surface area contributed by atoms with E-state index < -0.39 is 54.3 Å². The molecule has 4 N–H and O–H groups in total. The highest BCUT2D eigenvalue weighted by Crippen LogP contribution is 2.33. The van der Waals surface area contributed by atoms with Crippen molar-refractivity contribution in [1.29, 1.82) is 0 Å². The second-order valence-corrected chi connectivity index (χ2v) is 17.6. The van der Waals surface area contributed by atoms with Crippen molar-refractivity contribution in [3.63, 3.8) is 0 Å². The Morgan fingerprint density at radius 2 is 1.77 bits per heavy atom. The highest BCUT2D eigenvalue weighted by Gasteiger charge is 2.44. The van der Waals surface area contributed by atoms with Crippen LogP contribution in [0.2, 0.25) is 0 Å². The van der Waals surface area contributed by atoms with Crippen molar-refractivity contribution in [3.8, 4) is 39.0 Å². The number of aromatic amines is 1. The van der Waals surface area contributed by atoms with Crippen LogP contribution in [0.4, 0.5) is 8.78 Å². The molecule has 0 spiro atoms. The van der Waals surface area contributed by atoms with Gasteiger partial charge in [0, 0.05) is 54.3 Å². The zero-order chi connectivity index (χ0) is 46.3. The number of pyridine rings is 1. The van der Waals surface area contributed by atoms with Gasteiger partial charge >= 0.3 is 6.01 Å². The van der Waals surface area contributed by atoms with E-state index in [1.165, 1.54) is 22.0 Å². The van der Waals surface area contributed by atoms with E-state index in [0.29, 0.717) is 28.2 Å². The lowest BCUT2D eigenvalue weighted by Crippen LogP contribution is -2.58. The monoisotopic (exact) mass is 914 g/mol. The van der Waals surface area contributed by atoms with E-state index in [9.17, 15) is 28.3 Å². The van der Waals surface area contributed by atoms with Crippen LogP contribution in [0.15, 0.2) is 72.8 Å². The van der Waals surface area contributed by atoms with Crippen LogP contribution in [0.25, 0.3) is 44.0 Å². The molecule has 1 fully saturated rings. The van der Waals surface area contributed by atoms with Gasteiger partial charge in [-0.1, -0.05) is 45.0 Å². The van der Waals surface area contributed by atoms with E-state index in [4.69, 9.17) is 14.2 Å². The molecule has 6 heterocycles. The summed E-state index contributed by atoms with van der Waals surface area (Å²) in [4.78, 5) is 63.6. The first kappa shape index (κ1) is 46.8. The van der Waals surface area contributed by atoms with Crippen LogP contribution in [-0.2, 0) is 30.4 Å². The third-order valence-corrected chi connectivity index (χ3v) is 11.8. The number of amides is 3. The molecule has 1 saturated heterocycles. The molecule has 1 aliphatic rings. The number of hydrogen-bond acceptors (Lipinski definition) is 13. The summed E-state index contributed by atoms with van der Waals surface area (Å²) in [6.45, 7) is 8.65. The molecule has 0 bridgehead atoms. The third kappa shape index (κ3) is 11.7. The number of alkyl halides is 2. The number of likely N-dealkylation sites (tertiary alicyclic amines) is 1. The Labute approximate surface area is 378 Å². The number of aryl methyl sites for hydroxylation is 1. The predicted octanol–water partition coefficient (Wildman–Crippen LogP) is 5.36. The molecule has 20 heteroatoms. The molecule has 65 heavy (non-hydrogen) atoms. The number of H-pyrrole nitrogens is 1. The van der Waals surface area contributed by atoms with Crippen LogP contribution in [0.1, 0.15) is 51.4 Å². The number of rotatable bonds is 19. The summed E-state index contributed by atoms with van der Waals surface area (Å²) in [6.07, 6.45) is 2.92. The van der Waals surface area contributed by atoms with Crippen LogP contribution in [0, 0.1) is 12.3 Å². The Morgan fingerprint density at radius 1 is 1.00 bits per heavy atom. The van der Waals surface area contributed by atoms with Crippen LogP contribution < -0.4 is 15.4 Å². The molecule has 3 amide bonds. The summed E-state index contributed by atoms with van der Waals surface area (Å²) in [5.41, 5.74) is 6.57. The number of halogens is 2. The molecular formula is C45H52F2N10O7S. The number of thiazole rings is 1. The van der Waals surface area contributed by atoms with Crippen molar-refractivity contribution >= 4 is 40.1 Å². The second kappa shape index (κ2) is 20.7. The third-order valence-electron chi connectivity index (χ3n) is 10.8. The lowest BCUT2D eigenvalue weighted by molar-refractivity contribution is -0.144. The van der Waals surface area contributed by atoms with E-state index in [1.54, 1.807) is 56.1 Å². The minimum Gasteiger partial charge on any atom is -0.461 e. The number of fused-ring (bicyclic) bond motifs is 1. The Balaban J connectivity index is 0.856. The van der Waals surface area contributed by atoms with E-state index in [1.807, 2.05) is 50.2 Å². The summed E-state index contributed by atoms with van der Waals surface area (Å²) in [6, 6.07) is 10.9. The molecule has 0 radical (unpaired) electrons. The van der Waals surface area contributed by atoms with E-state index in [2.05, 4.69) is 40.7 Å². The number of aromatic nitrogens is 7. The van der Waals surface area contributed by atoms with E-state index in [-0.39, 0.29) is 58.1 Å². The highest BCUT2D eigenvalue weighted by atomic mass is 32.1. The summed E-state index contributed by atoms with van der Waals surface area (Å²) in [5, 5.41) is 21.6. The number of carbonyl (C=O) groups is 3. The van der Waals surface area contributed by atoms with Gasteiger partial charge in [-0.3, -0.25) is 19.1 Å². The van der Waals surface area contributed by atoms with Crippen molar-refractivity contribution < 1.29 is 42.5 Å². The SMILES string of the molecule is Cc1ncsc1-c1ccc([C@H](C)NC(=O)[C@@H]2C[C@@H](O)CN2C(=O)C(NC(=O)COCCOCCOc2nccc(-c3cn(CC(F)F)nc3-c3cnc4[nH]ccc4c3)n2)C(C)(C)C)cc1. The lowest BCUT2D eigenvalue weighted by atomic mass is 9.85. The molecule has 344 valence electrons. The van der Waals surface area contributed by atoms with Gasteiger partial charge in [0.15, 0.2) is 0 Å². The van der Waals surface area contributed by atoms with Crippen LogP contribution in [-0.4, -0.2) is 127 Å². The first-order valence-electron chi connectivity index (χ1n) is 21.1. The maximum atomic E-state index is 14.0. The average molecular weight is 915 g/mol. The molecule has 1 aromatic carbocycles. The smallest absolute Gasteiger partial charge is 0.316 e. The average Bonchev–Trinajstić information content (AvgIpc) is 4.10. The fourth-order valence-electron chi connectivity index (χ4n) is 7.48. The maximum Gasteiger partial charge on any atom is 0.316 e. The number of aliphatic hydroxyl groups is 1. The van der Waals surface area contributed by atoms with Gasteiger partial charge in [-0.2, -0.15) is 10.1 Å². The molecule has 1 aliphatic heterocycles. The fourth-order valence-corrected chi connectivity index (χ4v) is 8.29. The van der Waals surface area contributed by atoms with Crippen molar-refractivity contribution in [1.82, 2.24) is 50.2 Å². The van der Waals surface area contributed by atoms with Crippen LogP contribution in [0.3, 0.4) is 0 Å². The van der Waals surface area contributed by atoms with Gasteiger partial charge in [0.1, 0.15) is 43.2 Å². The minimum atomic E-state index is -2.61. The number of hydrogen-bond donors (Lipinski definition) is 4. The Bertz CT molecular complexity index is 2580. The standard InChI is InChI=1S/C45H52F2N10O7S/c1-26(28-6-8-29(9-7-28)39-27(2)51-25-65-39)52-42(60)35-19-32(58)21-57(35)43(61)40(45(3,4)5)54-37(59)24-63-15-14-62-16-17-64-44-49-13-11-34(53-44)33-22-56(23-36(46)47)55-38(33)31-18-30-10-12-48-41(30)50-20-31/h6-13,18,20,22,25-26,32,35-36,40,58H,14-17,19,21,23-24H2,1-5H3,(H,48,50)(H,52,60)(H,54,59)/t26-,32+,35-,40?/m0/s1. The molecule has 17 nitrogen and oxygen atoms in total. The molecule has 6 aromatic rings. The van der Waals surface area contributed by atoms with Crippen molar-refractivity contribution in [3.05, 3.63) is 84.0 Å². The van der Waals surface area contributed by atoms with Crippen molar-refractivity contribution in [2.75, 3.05) is 39.6 Å². The number of β-amino-alcohol motifs (C(OH)–C–C–N with tert-alkyl or cyclic N) is 1. The van der Waals surface area contributed by atoms with Gasteiger partial charge in [-0.15, -0.1) is 11.3 Å². The van der Waals surface area contributed by atoms with Crippen LogP contribution >= 0.6 is 11.3 Å². The molecule has 5 aromatic heterocycles. The Kier molecular flexibility index (Phi) is 14.9. The highest BCUT2D eigenvalue weighted by molar-refractivity contribution is 7.13. The Hall–Kier alpha value is -6.22. The number of carbonyl (C=O) groups excluding carboxylic acids is 3. The van der Waals surface area contributed by atoms with E-state index in [0.717, 1.165) is 27.1 Å². The largest absolute Gasteiger partial charge is 0.461 e. The molecule has 1 unspecified atom stereocenters. The summed E-state index contributed by atoms with van der Waals surface area (Å²) < 4.78 is 44.7.